The molecule has 2 atom stereocenters. The molecule has 0 radical (unpaired) electrons. The van der Waals surface area contributed by atoms with Crippen molar-refractivity contribution in [3.8, 4) is 5.75 Å². The van der Waals surface area contributed by atoms with Gasteiger partial charge in [0.05, 0.1) is 13.2 Å². The van der Waals surface area contributed by atoms with Crippen molar-refractivity contribution >= 4 is 0 Å². The summed E-state index contributed by atoms with van der Waals surface area (Å²) >= 11 is 0. The Morgan fingerprint density at radius 1 is 1.40 bits per heavy atom. The lowest BCUT2D eigenvalue weighted by Crippen LogP contribution is -2.27. The average Bonchev–Trinajstić information content (AvgIpc) is 2.46. The summed E-state index contributed by atoms with van der Waals surface area (Å²) < 4.78 is 11.2. The van der Waals surface area contributed by atoms with Gasteiger partial charge in [-0.05, 0) is 57.1 Å². The maximum absolute atomic E-state index is 6.29. The van der Waals surface area contributed by atoms with Crippen molar-refractivity contribution in [1.82, 2.24) is 0 Å². The Hall–Kier alpha value is -1.06. The molecule has 0 bridgehead atoms. The molecule has 0 saturated carbocycles. The number of nitrogens with two attached hydrogens (primary N) is 1. The molecule has 1 aromatic carbocycles. The quantitative estimate of drug-likeness (QED) is 0.868. The third kappa shape index (κ3) is 4.50. The number of hydrogen-bond acceptors (Lipinski definition) is 3. The van der Waals surface area contributed by atoms with Crippen molar-refractivity contribution < 1.29 is 9.47 Å². The van der Waals surface area contributed by atoms with Crippen LogP contribution >= 0.6 is 0 Å². The predicted molar refractivity (Wildman–Crippen MR) is 82.2 cm³/mol. The standard InChI is InChI=1S/C17H27NO2/c1-13-6-9-17(19-2)14(11-13)12-15(18)7-8-16-5-3-4-10-20-16/h6,9,11,15-16H,3-5,7-8,10,12,18H2,1-2H3. The largest absolute Gasteiger partial charge is 0.496 e. The van der Waals surface area contributed by atoms with Gasteiger partial charge in [0.2, 0.25) is 0 Å². The Kier molecular flexibility index (Phi) is 5.86. The van der Waals surface area contributed by atoms with Crippen LogP contribution in [0.25, 0.3) is 0 Å². The summed E-state index contributed by atoms with van der Waals surface area (Å²) in [5.74, 6) is 0.944. The van der Waals surface area contributed by atoms with E-state index in [-0.39, 0.29) is 6.04 Å². The van der Waals surface area contributed by atoms with E-state index >= 15 is 0 Å². The van der Waals surface area contributed by atoms with Crippen molar-refractivity contribution in [3.05, 3.63) is 29.3 Å². The first-order valence-corrected chi connectivity index (χ1v) is 7.69. The van der Waals surface area contributed by atoms with Crippen molar-refractivity contribution in [2.24, 2.45) is 5.73 Å². The molecule has 2 N–H and O–H groups in total. The van der Waals surface area contributed by atoms with E-state index in [1.54, 1.807) is 7.11 Å². The van der Waals surface area contributed by atoms with E-state index in [4.69, 9.17) is 15.2 Å². The topological polar surface area (TPSA) is 44.5 Å². The SMILES string of the molecule is COc1ccc(C)cc1CC(N)CCC1CCCCO1. The minimum absolute atomic E-state index is 0.177. The summed E-state index contributed by atoms with van der Waals surface area (Å²) in [5.41, 5.74) is 8.75. The number of methoxy groups -OCH3 is 1. The Morgan fingerprint density at radius 2 is 2.25 bits per heavy atom. The summed E-state index contributed by atoms with van der Waals surface area (Å²) in [4.78, 5) is 0. The molecule has 0 spiro atoms. The molecule has 0 aromatic heterocycles. The van der Waals surface area contributed by atoms with Gasteiger partial charge in [0, 0.05) is 12.6 Å². The van der Waals surface area contributed by atoms with Gasteiger partial charge in [-0.2, -0.15) is 0 Å². The van der Waals surface area contributed by atoms with Crippen LogP contribution < -0.4 is 10.5 Å². The molecule has 1 aromatic rings. The molecule has 3 nitrogen and oxygen atoms in total. The second kappa shape index (κ2) is 7.65. The van der Waals surface area contributed by atoms with E-state index in [9.17, 15) is 0 Å². The van der Waals surface area contributed by atoms with Crippen molar-refractivity contribution in [1.29, 1.82) is 0 Å². The van der Waals surface area contributed by atoms with Gasteiger partial charge in [-0.25, -0.2) is 0 Å². The van der Waals surface area contributed by atoms with Crippen LogP contribution in [0.2, 0.25) is 0 Å². The lowest BCUT2D eigenvalue weighted by atomic mass is 9.97. The Labute approximate surface area is 122 Å². The van der Waals surface area contributed by atoms with Gasteiger partial charge in [0.15, 0.2) is 0 Å². The summed E-state index contributed by atoms with van der Waals surface area (Å²) in [7, 11) is 1.72. The van der Waals surface area contributed by atoms with Gasteiger partial charge < -0.3 is 15.2 Å². The van der Waals surface area contributed by atoms with Crippen LogP contribution in [0.5, 0.6) is 5.75 Å². The van der Waals surface area contributed by atoms with E-state index in [1.165, 1.54) is 30.4 Å². The number of aryl methyl sites for hydroxylation is 1. The zero-order valence-corrected chi connectivity index (χ0v) is 12.7. The van der Waals surface area contributed by atoms with Gasteiger partial charge in [-0.1, -0.05) is 17.7 Å². The van der Waals surface area contributed by atoms with Crippen LogP contribution in [-0.2, 0) is 11.2 Å². The summed E-state index contributed by atoms with van der Waals surface area (Å²) in [5, 5.41) is 0. The fourth-order valence-electron chi connectivity index (χ4n) is 2.89. The van der Waals surface area contributed by atoms with Crippen LogP contribution in [0, 0.1) is 6.92 Å². The highest BCUT2D eigenvalue weighted by Crippen LogP contribution is 2.23. The lowest BCUT2D eigenvalue weighted by Gasteiger charge is -2.24. The van der Waals surface area contributed by atoms with Crippen molar-refractivity contribution in [3.63, 3.8) is 0 Å². The molecule has 112 valence electrons. The monoisotopic (exact) mass is 277 g/mol. The first-order chi connectivity index (χ1) is 9.69. The maximum atomic E-state index is 6.29. The fourth-order valence-corrected chi connectivity index (χ4v) is 2.89. The highest BCUT2D eigenvalue weighted by atomic mass is 16.5. The van der Waals surface area contributed by atoms with Crippen LogP contribution in [0.3, 0.4) is 0 Å². The van der Waals surface area contributed by atoms with Crippen LogP contribution in [-0.4, -0.2) is 25.9 Å². The third-order valence-electron chi connectivity index (χ3n) is 4.05. The zero-order chi connectivity index (χ0) is 14.4. The number of rotatable bonds is 6. The van der Waals surface area contributed by atoms with E-state index in [1.807, 2.05) is 6.07 Å². The molecule has 3 heteroatoms. The number of benzene rings is 1. The molecule has 1 aliphatic heterocycles. The molecule has 0 aliphatic carbocycles. The van der Waals surface area contributed by atoms with Crippen LogP contribution in [0.4, 0.5) is 0 Å². The fraction of sp³-hybridized carbons (Fsp3) is 0.647. The molecule has 2 rings (SSSR count). The minimum atomic E-state index is 0.177. The van der Waals surface area contributed by atoms with E-state index in [2.05, 4.69) is 19.1 Å². The normalized spacial score (nSPS) is 20.6. The third-order valence-corrected chi connectivity index (χ3v) is 4.05. The van der Waals surface area contributed by atoms with Gasteiger partial charge in [-0.15, -0.1) is 0 Å². The smallest absolute Gasteiger partial charge is 0.122 e. The van der Waals surface area contributed by atoms with Crippen LogP contribution in [0.1, 0.15) is 43.2 Å². The molecular formula is C17H27NO2. The summed E-state index contributed by atoms with van der Waals surface area (Å²) in [6, 6.07) is 6.46. The van der Waals surface area contributed by atoms with E-state index < -0.39 is 0 Å². The predicted octanol–water partition coefficient (Wildman–Crippen LogP) is 3.22. The first kappa shape index (κ1) is 15.3. The highest BCUT2D eigenvalue weighted by Gasteiger charge is 2.16. The molecule has 1 saturated heterocycles. The van der Waals surface area contributed by atoms with Gasteiger partial charge >= 0.3 is 0 Å². The molecule has 1 aliphatic rings. The Bertz CT molecular complexity index is 413. The molecule has 1 fully saturated rings. The van der Waals surface area contributed by atoms with Gasteiger partial charge in [-0.3, -0.25) is 0 Å². The van der Waals surface area contributed by atoms with Gasteiger partial charge in [0.1, 0.15) is 5.75 Å². The molecule has 2 unspecified atom stereocenters. The van der Waals surface area contributed by atoms with E-state index in [0.29, 0.717) is 6.10 Å². The Balaban J connectivity index is 1.84. The summed E-state index contributed by atoms with van der Waals surface area (Å²) in [6.45, 7) is 3.02. The second-order valence-corrected chi connectivity index (χ2v) is 5.85. The molecule has 0 amide bonds. The Morgan fingerprint density at radius 3 is 2.95 bits per heavy atom. The zero-order valence-electron chi connectivity index (χ0n) is 12.7. The van der Waals surface area contributed by atoms with Crippen molar-refractivity contribution in [2.75, 3.05) is 13.7 Å². The lowest BCUT2D eigenvalue weighted by molar-refractivity contribution is 0.00915. The second-order valence-electron chi connectivity index (χ2n) is 5.85. The van der Waals surface area contributed by atoms with Crippen LogP contribution in [0.15, 0.2) is 18.2 Å². The molecule has 20 heavy (non-hydrogen) atoms. The number of hydrogen-bond donors (Lipinski definition) is 1. The van der Waals surface area contributed by atoms with Gasteiger partial charge in [0.25, 0.3) is 0 Å². The number of ether oxygens (including phenoxy) is 2. The minimum Gasteiger partial charge on any atom is -0.496 e. The highest BCUT2D eigenvalue weighted by molar-refractivity contribution is 5.37. The maximum Gasteiger partial charge on any atom is 0.122 e. The van der Waals surface area contributed by atoms with E-state index in [0.717, 1.165) is 31.6 Å². The summed E-state index contributed by atoms with van der Waals surface area (Å²) in [6.07, 6.45) is 7.10. The molecule has 1 heterocycles. The average molecular weight is 277 g/mol. The molecular weight excluding hydrogens is 250 g/mol. The van der Waals surface area contributed by atoms with Crippen molar-refractivity contribution in [2.45, 2.75) is 57.6 Å². The first-order valence-electron chi connectivity index (χ1n) is 7.69.